The topological polar surface area (TPSA) is 66.4 Å². The largest absolute Gasteiger partial charge is 0.480 e. The number of rotatable bonds is 7. The van der Waals surface area contributed by atoms with Crippen LogP contribution in [0.1, 0.15) is 12.0 Å². The zero-order valence-electron chi connectivity index (χ0n) is 10.9. The fourth-order valence-corrected chi connectivity index (χ4v) is 2.30. The predicted molar refractivity (Wildman–Crippen MR) is 77.7 cm³/mol. The summed E-state index contributed by atoms with van der Waals surface area (Å²) >= 11 is 7.30. The van der Waals surface area contributed by atoms with E-state index in [4.69, 9.17) is 16.7 Å². The second-order valence-electron chi connectivity index (χ2n) is 4.12. The van der Waals surface area contributed by atoms with Crippen molar-refractivity contribution in [2.24, 2.45) is 0 Å². The molecule has 110 valence electrons. The molecule has 1 aromatic carbocycles. The molecule has 1 atom stereocenters. The molecule has 1 aromatic rings. The van der Waals surface area contributed by atoms with E-state index < -0.39 is 23.7 Å². The lowest BCUT2D eigenvalue weighted by atomic mass is 10.1. The first kappa shape index (κ1) is 16.8. The summed E-state index contributed by atoms with van der Waals surface area (Å²) in [6.07, 6.45) is 1.88. The van der Waals surface area contributed by atoms with Crippen molar-refractivity contribution in [3.63, 3.8) is 0 Å². The summed E-state index contributed by atoms with van der Waals surface area (Å²) in [4.78, 5) is 22.8. The van der Waals surface area contributed by atoms with E-state index in [0.29, 0.717) is 12.2 Å². The summed E-state index contributed by atoms with van der Waals surface area (Å²) in [6.45, 7) is 0. The van der Waals surface area contributed by atoms with Crippen LogP contribution in [0.4, 0.5) is 4.39 Å². The van der Waals surface area contributed by atoms with Crippen LogP contribution < -0.4 is 5.32 Å². The molecule has 0 radical (unpaired) electrons. The third-order valence-electron chi connectivity index (χ3n) is 2.64. The number of amides is 1. The number of aliphatic carboxylic acids is 1. The SMILES string of the molecule is CSCC[C@H](NC(=O)Cc1c(F)cccc1Cl)C(=O)O. The number of carboxylic acids is 1. The van der Waals surface area contributed by atoms with Gasteiger partial charge in [0.15, 0.2) is 0 Å². The minimum absolute atomic E-state index is 0.0701. The zero-order chi connectivity index (χ0) is 15.1. The molecule has 1 amide bonds. The zero-order valence-corrected chi connectivity index (χ0v) is 12.4. The molecule has 1 rings (SSSR count). The number of benzene rings is 1. The Balaban J connectivity index is 2.68. The average Bonchev–Trinajstić information content (AvgIpc) is 2.38. The molecule has 20 heavy (non-hydrogen) atoms. The van der Waals surface area contributed by atoms with Gasteiger partial charge in [0.2, 0.25) is 5.91 Å². The number of carboxylic acid groups (broad SMARTS) is 1. The van der Waals surface area contributed by atoms with E-state index in [9.17, 15) is 14.0 Å². The van der Waals surface area contributed by atoms with Gasteiger partial charge in [0.1, 0.15) is 11.9 Å². The molecule has 0 aromatic heterocycles. The van der Waals surface area contributed by atoms with Gasteiger partial charge in [0.05, 0.1) is 6.42 Å². The number of hydrogen-bond acceptors (Lipinski definition) is 3. The molecule has 0 bridgehead atoms. The highest BCUT2D eigenvalue weighted by atomic mass is 35.5. The molecule has 0 unspecified atom stereocenters. The molecule has 2 N–H and O–H groups in total. The van der Waals surface area contributed by atoms with Gasteiger partial charge in [-0.3, -0.25) is 4.79 Å². The van der Waals surface area contributed by atoms with E-state index in [0.717, 1.165) is 0 Å². The number of carbonyl (C=O) groups is 2. The highest BCUT2D eigenvalue weighted by molar-refractivity contribution is 7.98. The molecular weight excluding hydrogens is 305 g/mol. The molecule has 0 saturated carbocycles. The van der Waals surface area contributed by atoms with E-state index in [1.54, 1.807) is 0 Å². The second-order valence-corrected chi connectivity index (χ2v) is 5.51. The van der Waals surface area contributed by atoms with Crippen molar-refractivity contribution in [2.75, 3.05) is 12.0 Å². The highest BCUT2D eigenvalue weighted by Crippen LogP contribution is 2.19. The second kappa shape index (κ2) is 8.11. The van der Waals surface area contributed by atoms with Crippen molar-refractivity contribution in [1.82, 2.24) is 5.32 Å². The van der Waals surface area contributed by atoms with Crippen LogP contribution in [0.15, 0.2) is 18.2 Å². The van der Waals surface area contributed by atoms with Crippen molar-refractivity contribution >= 4 is 35.2 Å². The van der Waals surface area contributed by atoms with Crippen LogP contribution in [-0.4, -0.2) is 35.0 Å². The van der Waals surface area contributed by atoms with Crippen molar-refractivity contribution in [3.8, 4) is 0 Å². The molecule has 0 fully saturated rings. The number of nitrogens with one attached hydrogen (secondary N) is 1. The molecule has 0 saturated heterocycles. The molecule has 0 aliphatic rings. The maximum absolute atomic E-state index is 13.5. The molecule has 0 aliphatic heterocycles. The Labute approximate surface area is 125 Å². The summed E-state index contributed by atoms with van der Waals surface area (Å²) in [5.41, 5.74) is 0.0701. The minimum atomic E-state index is -1.10. The molecule has 0 spiro atoms. The Bertz CT molecular complexity index is 478. The summed E-state index contributed by atoms with van der Waals surface area (Å²) in [6, 6.07) is 3.16. The minimum Gasteiger partial charge on any atom is -0.480 e. The number of hydrogen-bond donors (Lipinski definition) is 2. The van der Waals surface area contributed by atoms with Gasteiger partial charge in [0.25, 0.3) is 0 Å². The van der Waals surface area contributed by atoms with E-state index in [-0.39, 0.29) is 17.0 Å². The molecule has 4 nitrogen and oxygen atoms in total. The van der Waals surface area contributed by atoms with Crippen LogP contribution >= 0.6 is 23.4 Å². The summed E-state index contributed by atoms with van der Waals surface area (Å²) in [5.74, 6) is -1.64. The van der Waals surface area contributed by atoms with Gasteiger partial charge in [-0.1, -0.05) is 17.7 Å². The lowest BCUT2D eigenvalue weighted by molar-refractivity contribution is -0.141. The highest BCUT2D eigenvalue weighted by Gasteiger charge is 2.20. The van der Waals surface area contributed by atoms with Gasteiger partial charge < -0.3 is 10.4 Å². The smallest absolute Gasteiger partial charge is 0.326 e. The summed E-state index contributed by atoms with van der Waals surface area (Å²) < 4.78 is 13.5. The molecule has 7 heteroatoms. The standard InChI is InChI=1S/C13H15ClFNO3S/c1-20-6-5-11(13(18)19)16-12(17)7-8-9(14)3-2-4-10(8)15/h2-4,11H,5-7H2,1H3,(H,16,17)(H,18,19)/t11-/m0/s1. The summed E-state index contributed by atoms with van der Waals surface area (Å²) in [7, 11) is 0. The lowest BCUT2D eigenvalue weighted by Gasteiger charge is -2.14. The fraction of sp³-hybridized carbons (Fsp3) is 0.385. The van der Waals surface area contributed by atoms with Gasteiger partial charge in [0, 0.05) is 10.6 Å². The third kappa shape index (κ3) is 5.02. The third-order valence-corrected chi connectivity index (χ3v) is 3.64. The lowest BCUT2D eigenvalue weighted by Crippen LogP contribution is -2.42. The van der Waals surface area contributed by atoms with Crippen LogP contribution in [0.25, 0.3) is 0 Å². The van der Waals surface area contributed by atoms with Gasteiger partial charge in [-0.05, 0) is 30.6 Å². The van der Waals surface area contributed by atoms with Crippen molar-refractivity contribution in [3.05, 3.63) is 34.6 Å². The summed E-state index contributed by atoms with van der Waals surface area (Å²) in [5, 5.41) is 11.5. The molecule has 0 aliphatic carbocycles. The monoisotopic (exact) mass is 319 g/mol. The van der Waals surface area contributed by atoms with Gasteiger partial charge in [-0.15, -0.1) is 0 Å². The Morgan fingerprint density at radius 3 is 2.75 bits per heavy atom. The van der Waals surface area contributed by atoms with Crippen molar-refractivity contribution in [1.29, 1.82) is 0 Å². The maximum Gasteiger partial charge on any atom is 0.326 e. The Hall–Kier alpha value is -1.27. The van der Waals surface area contributed by atoms with E-state index in [2.05, 4.69) is 5.32 Å². The molecular formula is C13H15ClFNO3S. The van der Waals surface area contributed by atoms with Crippen LogP contribution in [-0.2, 0) is 16.0 Å². The first-order valence-corrected chi connectivity index (χ1v) is 7.67. The van der Waals surface area contributed by atoms with Crippen molar-refractivity contribution < 1.29 is 19.1 Å². The normalized spacial score (nSPS) is 11.9. The molecule has 0 heterocycles. The number of carbonyl (C=O) groups excluding carboxylic acids is 1. The first-order chi connectivity index (χ1) is 9.45. The van der Waals surface area contributed by atoms with Gasteiger partial charge in [-0.2, -0.15) is 11.8 Å². The Kier molecular flexibility index (Phi) is 6.81. The van der Waals surface area contributed by atoms with Gasteiger partial charge in [-0.25, -0.2) is 9.18 Å². The fourth-order valence-electron chi connectivity index (χ4n) is 1.60. The number of halogens is 2. The first-order valence-electron chi connectivity index (χ1n) is 5.89. The van der Waals surface area contributed by atoms with E-state index in [1.807, 2.05) is 6.26 Å². The van der Waals surface area contributed by atoms with E-state index >= 15 is 0 Å². The predicted octanol–water partition coefficient (Wildman–Crippen LogP) is 2.34. The Morgan fingerprint density at radius 2 is 2.20 bits per heavy atom. The van der Waals surface area contributed by atoms with Gasteiger partial charge >= 0.3 is 5.97 Å². The van der Waals surface area contributed by atoms with Crippen molar-refractivity contribution in [2.45, 2.75) is 18.9 Å². The van der Waals surface area contributed by atoms with Crippen LogP contribution in [0.2, 0.25) is 5.02 Å². The van der Waals surface area contributed by atoms with Crippen LogP contribution in [0.5, 0.6) is 0 Å². The Morgan fingerprint density at radius 1 is 1.50 bits per heavy atom. The number of thioether (sulfide) groups is 1. The van der Waals surface area contributed by atoms with Crippen LogP contribution in [0.3, 0.4) is 0 Å². The quantitative estimate of drug-likeness (QED) is 0.809. The maximum atomic E-state index is 13.5. The van der Waals surface area contributed by atoms with E-state index in [1.165, 1.54) is 30.0 Å². The average molecular weight is 320 g/mol. The van der Waals surface area contributed by atoms with Crippen LogP contribution in [0, 0.1) is 5.82 Å².